The topological polar surface area (TPSA) is 53.5 Å². The van der Waals surface area contributed by atoms with Gasteiger partial charge in [-0.05, 0) is 61.5 Å². The summed E-state index contributed by atoms with van der Waals surface area (Å²) in [4.78, 5) is 34.2. The van der Waals surface area contributed by atoms with Crippen LogP contribution in [0.5, 0.6) is 0 Å². The van der Waals surface area contributed by atoms with Gasteiger partial charge in [0.2, 0.25) is 11.8 Å². The van der Waals surface area contributed by atoms with Crippen LogP contribution in [-0.4, -0.2) is 46.2 Å². The maximum Gasteiger partial charge on any atom is 0.228 e. The van der Waals surface area contributed by atoms with Gasteiger partial charge < -0.3 is 9.80 Å². The first-order valence-electron chi connectivity index (χ1n) is 10.1. The minimum absolute atomic E-state index is 0.0674. The van der Waals surface area contributed by atoms with Crippen LogP contribution in [0.1, 0.15) is 50.1 Å². The van der Waals surface area contributed by atoms with Crippen molar-refractivity contribution in [3.63, 3.8) is 0 Å². The molecule has 138 valence electrons. The van der Waals surface area contributed by atoms with Crippen LogP contribution in [0.15, 0.2) is 24.5 Å². The van der Waals surface area contributed by atoms with Gasteiger partial charge in [-0.1, -0.05) is 6.07 Å². The van der Waals surface area contributed by atoms with E-state index in [4.69, 9.17) is 0 Å². The van der Waals surface area contributed by atoms with E-state index in [2.05, 4.69) is 9.88 Å². The van der Waals surface area contributed by atoms with Crippen molar-refractivity contribution in [3.05, 3.63) is 30.1 Å². The number of amides is 2. The van der Waals surface area contributed by atoms with Crippen LogP contribution in [0.25, 0.3) is 0 Å². The number of rotatable bonds is 2. The molecule has 4 bridgehead atoms. The Bertz CT molecular complexity index is 707. The summed E-state index contributed by atoms with van der Waals surface area (Å²) in [5.41, 5.74) is 0.972. The predicted molar refractivity (Wildman–Crippen MR) is 96.9 cm³/mol. The molecule has 5 nitrogen and oxygen atoms in total. The van der Waals surface area contributed by atoms with E-state index in [9.17, 15) is 9.59 Å². The van der Waals surface area contributed by atoms with Gasteiger partial charge in [-0.2, -0.15) is 0 Å². The summed E-state index contributed by atoms with van der Waals surface area (Å²) < 4.78 is 0. The molecule has 0 aromatic carbocycles. The summed E-state index contributed by atoms with van der Waals surface area (Å²) in [7, 11) is 1.82. The zero-order valence-electron chi connectivity index (χ0n) is 15.4. The standard InChI is InChI=1S/C21H27N3O2/c1-23-19(25)10-18(20(23)16-3-2-4-22-11-16)21(26)24-12-15-6-13-5-14(7-15)9-17(24)8-13/h2-4,11,13-15,17-18,20H,5-10,12H2,1H3/t13?,14?,15?,17?,18-,20+/m0/s1. The zero-order valence-corrected chi connectivity index (χ0v) is 15.4. The average Bonchev–Trinajstić information content (AvgIpc) is 2.79. The lowest BCUT2D eigenvalue weighted by molar-refractivity contribution is -0.139. The highest BCUT2D eigenvalue weighted by molar-refractivity contribution is 5.90. The Morgan fingerprint density at radius 3 is 2.54 bits per heavy atom. The number of likely N-dealkylation sites (tertiary alicyclic amines) is 1. The van der Waals surface area contributed by atoms with E-state index in [1.165, 1.54) is 32.1 Å². The third kappa shape index (κ3) is 2.55. The molecule has 3 aliphatic heterocycles. The maximum absolute atomic E-state index is 13.6. The van der Waals surface area contributed by atoms with Gasteiger partial charge >= 0.3 is 0 Å². The molecule has 2 amide bonds. The van der Waals surface area contributed by atoms with Crippen LogP contribution in [0.3, 0.4) is 0 Å². The second-order valence-corrected chi connectivity index (χ2v) is 8.97. The number of pyridine rings is 1. The van der Waals surface area contributed by atoms with E-state index in [0.717, 1.165) is 23.9 Å². The Balaban J connectivity index is 1.44. The fraction of sp³-hybridized carbons (Fsp3) is 0.667. The molecule has 1 aromatic heterocycles. The second kappa shape index (κ2) is 6.07. The first kappa shape index (κ1) is 16.3. The number of hydrogen-bond donors (Lipinski definition) is 0. The first-order chi connectivity index (χ1) is 12.6. The summed E-state index contributed by atoms with van der Waals surface area (Å²) in [5.74, 6) is 2.30. The minimum atomic E-state index is -0.271. The van der Waals surface area contributed by atoms with Gasteiger partial charge in [0.25, 0.3) is 0 Å². The van der Waals surface area contributed by atoms with E-state index in [1.54, 1.807) is 17.3 Å². The van der Waals surface area contributed by atoms with Crippen molar-refractivity contribution in [2.75, 3.05) is 13.6 Å². The van der Waals surface area contributed by atoms with Crippen LogP contribution in [0.4, 0.5) is 0 Å². The average molecular weight is 353 g/mol. The Hall–Kier alpha value is -1.91. The van der Waals surface area contributed by atoms with Crippen LogP contribution in [0.2, 0.25) is 0 Å². The van der Waals surface area contributed by atoms with Gasteiger partial charge in [-0.25, -0.2) is 0 Å². The summed E-state index contributed by atoms with van der Waals surface area (Å²) in [6.07, 6.45) is 10.2. The van der Waals surface area contributed by atoms with Crippen molar-refractivity contribution >= 4 is 11.8 Å². The van der Waals surface area contributed by atoms with Crippen LogP contribution in [0, 0.1) is 23.7 Å². The number of carbonyl (C=O) groups is 2. The largest absolute Gasteiger partial charge is 0.339 e. The molecular weight excluding hydrogens is 326 g/mol. The third-order valence-corrected chi connectivity index (χ3v) is 7.32. The lowest BCUT2D eigenvalue weighted by Crippen LogP contribution is -2.46. The highest BCUT2D eigenvalue weighted by Gasteiger charge is 2.49. The van der Waals surface area contributed by atoms with Crippen LogP contribution >= 0.6 is 0 Å². The van der Waals surface area contributed by atoms with Crippen molar-refractivity contribution < 1.29 is 9.59 Å². The van der Waals surface area contributed by atoms with E-state index in [0.29, 0.717) is 18.4 Å². The molecule has 1 aromatic rings. The third-order valence-electron chi connectivity index (χ3n) is 7.32. The van der Waals surface area contributed by atoms with Crippen LogP contribution in [-0.2, 0) is 9.59 Å². The van der Waals surface area contributed by atoms with Crippen molar-refractivity contribution in [2.45, 2.75) is 50.6 Å². The SMILES string of the molecule is CN1C(=O)C[C@H](C(=O)N2CC3CC4CC(C3)CC2C4)[C@H]1c1cccnc1. The highest BCUT2D eigenvalue weighted by atomic mass is 16.2. The van der Waals surface area contributed by atoms with Crippen LogP contribution < -0.4 is 0 Å². The maximum atomic E-state index is 13.6. The lowest BCUT2D eigenvalue weighted by atomic mass is 9.68. The van der Waals surface area contributed by atoms with Gasteiger partial charge in [0.1, 0.15) is 0 Å². The molecule has 5 aliphatic rings. The summed E-state index contributed by atoms with van der Waals surface area (Å²) >= 11 is 0. The van der Waals surface area contributed by atoms with Gasteiger partial charge in [0.05, 0.1) is 12.0 Å². The minimum Gasteiger partial charge on any atom is -0.339 e. The zero-order chi connectivity index (χ0) is 17.8. The normalized spacial score (nSPS) is 38.7. The fourth-order valence-electron chi connectivity index (χ4n) is 6.37. The quantitative estimate of drug-likeness (QED) is 0.821. The van der Waals surface area contributed by atoms with E-state index >= 15 is 0 Å². The highest BCUT2D eigenvalue weighted by Crippen LogP contribution is 2.48. The molecule has 3 saturated heterocycles. The Morgan fingerprint density at radius 1 is 1.12 bits per heavy atom. The molecule has 0 spiro atoms. The number of aromatic nitrogens is 1. The van der Waals surface area contributed by atoms with Gasteiger partial charge in [0, 0.05) is 38.4 Å². The molecule has 5 fully saturated rings. The number of nitrogens with zero attached hydrogens (tertiary/aromatic N) is 3. The fourth-order valence-corrected chi connectivity index (χ4v) is 6.37. The van der Waals surface area contributed by atoms with E-state index in [-0.39, 0.29) is 23.8 Å². The van der Waals surface area contributed by atoms with Crippen molar-refractivity contribution in [1.82, 2.24) is 14.8 Å². The van der Waals surface area contributed by atoms with Crippen molar-refractivity contribution in [2.24, 2.45) is 23.7 Å². The van der Waals surface area contributed by atoms with E-state index in [1.807, 2.05) is 19.2 Å². The molecule has 6 rings (SSSR count). The number of hydrogen-bond acceptors (Lipinski definition) is 3. The summed E-state index contributed by atoms with van der Waals surface area (Å²) in [6.45, 7) is 0.907. The Kier molecular flexibility index (Phi) is 3.80. The smallest absolute Gasteiger partial charge is 0.228 e. The first-order valence-corrected chi connectivity index (χ1v) is 10.1. The molecule has 2 saturated carbocycles. The second-order valence-electron chi connectivity index (χ2n) is 8.97. The van der Waals surface area contributed by atoms with Gasteiger partial charge in [0.15, 0.2) is 0 Å². The summed E-state index contributed by atoms with van der Waals surface area (Å²) in [6, 6.07) is 4.10. The summed E-state index contributed by atoms with van der Waals surface area (Å²) in [5, 5.41) is 0. The Morgan fingerprint density at radius 2 is 1.85 bits per heavy atom. The number of carbonyl (C=O) groups excluding carboxylic acids is 2. The molecular formula is C21H27N3O2. The molecule has 4 heterocycles. The molecule has 5 heteroatoms. The molecule has 0 radical (unpaired) electrons. The Labute approximate surface area is 154 Å². The molecule has 0 N–H and O–H groups in total. The van der Waals surface area contributed by atoms with Gasteiger partial charge in [-0.15, -0.1) is 0 Å². The van der Waals surface area contributed by atoms with Crippen molar-refractivity contribution in [3.8, 4) is 0 Å². The molecule has 2 aliphatic carbocycles. The monoisotopic (exact) mass is 353 g/mol. The van der Waals surface area contributed by atoms with E-state index < -0.39 is 0 Å². The predicted octanol–water partition coefficient (Wildman–Crippen LogP) is 2.64. The van der Waals surface area contributed by atoms with Crippen molar-refractivity contribution in [1.29, 1.82) is 0 Å². The van der Waals surface area contributed by atoms with Gasteiger partial charge in [-0.3, -0.25) is 14.6 Å². The molecule has 2 unspecified atom stereocenters. The molecule has 4 atom stereocenters. The lowest BCUT2D eigenvalue weighted by Gasteiger charge is -2.39. The molecule has 26 heavy (non-hydrogen) atoms. The number of fused-ring (bicyclic) bond motifs is 1.